The van der Waals surface area contributed by atoms with Gasteiger partial charge in [-0.2, -0.15) is 15.0 Å². The minimum atomic E-state index is -2.65. The predicted molar refractivity (Wildman–Crippen MR) is 126 cm³/mol. The van der Waals surface area contributed by atoms with Gasteiger partial charge in [-0.1, -0.05) is 18.5 Å². The van der Waals surface area contributed by atoms with Gasteiger partial charge in [-0.05, 0) is 32.4 Å². The van der Waals surface area contributed by atoms with Gasteiger partial charge in [0, 0.05) is 17.0 Å². The minimum absolute atomic E-state index is 0.0491. The number of aromatic amines is 1. The van der Waals surface area contributed by atoms with Gasteiger partial charge in [-0.25, -0.2) is 18.5 Å². The fourth-order valence-corrected chi connectivity index (χ4v) is 3.95. The van der Waals surface area contributed by atoms with Gasteiger partial charge in [0.05, 0.1) is 22.6 Å². The van der Waals surface area contributed by atoms with Crippen LogP contribution >= 0.6 is 11.6 Å². The summed E-state index contributed by atoms with van der Waals surface area (Å²) in [5, 5.41) is 3.79. The highest BCUT2D eigenvalue weighted by Gasteiger charge is 2.35. The topological polar surface area (TPSA) is 122 Å². The molecule has 3 heterocycles. The van der Waals surface area contributed by atoms with Crippen LogP contribution in [0.3, 0.4) is 0 Å². The van der Waals surface area contributed by atoms with E-state index in [-0.39, 0.29) is 35.3 Å². The molecule has 186 valence electrons. The number of carbonyl (C=O) groups excluding carboxylic acids is 1. The van der Waals surface area contributed by atoms with Crippen molar-refractivity contribution in [2.24, 2.45) is 0 Å². The lowest BCUT2D eigenvalue weighted by molar-refractivity contribution is 0.0820. The number of ether oxygens (including phenoxy) is 2. The Kier molecular flexibility index (Phi) is 7.01. The number of cyclic esters (lactones) is 1. The summed E-state index contributed by atoms with van der Waals surface area (Å²) in [6, 6.07) is 3.84. The molecule has 2 N–H and O–H groups in total. The molecule has 0 bridgehead atoms. The molecule has 0 spiro atoms. The molecule has 1 fully saturated rings. The maximum atomic E-state index is 12.8. The number of carbonyl (C=O) groups is 1. The molecule has 2 aromatic heterocycles. The molecule has 35 heavy (non-hydrogen) atoms. The van der Waals surface area contributed by atoms with Crippen LogP contribution in [0.4, 0.5) is 25.5 Å². The van der Waals surface area contributed by atoms with Gasteiger partial charge in [-0.3, -0.25) is 4.79 Å². The van der Waals surface area contributed by atoms with Crippen molar-refractivity contribution in [2.75, 3.05) is 23.4 Å². The quantitative estimate of drug-likeness (QED) is 0.463. The van der Waals surface area contributed by atoms with E-state index in [2.05, 4.69) is 25.3 Å². The number of aromatic nitrogens is 4. The lowest BCUT2D eigenvalue weighted by Crippen LogP contribution is -2.35. The van der Waals surface area contributed by atoms with E-state index in [0.717, 1.165) is 0 Å². The van der Waals surface area contributed by atoms with E-state index in [1.165, 1.54) is 17.0 Å². The van der Waals surface area contributed by atoms with Crippen molar-refractivity contribution in [3.05, 3.63) is 45.0 Å². The van der Waals surface area contributed by atoms with Crippen LogP contribution in [0.15, 0.2) is 23.0 Å². The Hall–Kier alpha value is -3.54. The first-order valence-corrected chi connectivity index (χ1v) is 11.3. The SMILES string of the molecule is CC[C@H]1COC(=O)N1c1nc(C)nc(N[C@@H](C)c2cc3cc(Cl)c(OCC(F)F)cc3[nH]c2=O)n1. The number of pyridine rings is 1. The largest absolute Gasteiger partial charge is 0.486 e. The van der Waals surface area contributed by atoms with Gasteiger partial charge >= 0.3 is 6.09 Å². The number of anilines is 2. The van der Waals surface area contributed by atoms with E-state index in [1.807, 2.05) is 6.92 Å². The van der Waals surface area contributed by atoms with Crippen molar-refractivity contribution in [3.63, 3.8) is 0 Å². The standard InChI is InChI=1S/C22H23ClF2N6O4/c1-4-13-8-35-22(33)31(13)21-28-11(3)27-20(30-21)26-10(2)14-5-12-6-15(23)17(34-9-18(24)25)7-16(12)29-19(14)32/h5-7,10,13,18H,4,8-9H2,1-3H3,(H,29,32)(H,26,27,28,30)/t10-,13-/m0/s1. The second kappa shape index (κ2) is 9.98. The molecule has 3 aromatic rings. The summed E-state index contributed by atoms with van der Waals surface area (Å²) in [5.41, 5.74) is 0.345. The lowest BCUT2D eigenvalue weighted by atomic mass is 10.1. The molecule has 4 rings (SSSR count). The number of nitrogens with zero attached hydrogens (tertiary/aromatic N) is 4. The second-order valence-electron chi connectivity index (χ2n) is 8.01. The number of hydrogen-bond donors (Lipinski definition) is 2. The smallest absolute Gasteiger partial charge is 0.417 e. The molecule has 13 heteroatoms. The summed E-state index contributed by atoms with van der Waals surface area (Å²) in [4.78, 5) is 42.0. The zero-order valence-electron chi connectivity index (χ0n) is 19.1. The third-order valence-corrected chi connectivity index (χ3v) is 5.78. The van der Waals surface area contributed by atoms with Crippen LogP contribution in [-0.4, -0.2) is 51.7 Å². The molecule has 1 aliphatic heterocycles. The number of rotatable bonds is 8. The van der Waals surface area contributed by atoms with Crippen LogP contribution in [0.5, 0.6) is 5.75 Å². The van der Waals surface area contributed by atoms with Gasteiger partial charge in [0.2, 0.25) is 11.9 Å². The summed E-state index contributed by atoms with van der Waals surface area (Å²) < 4.78 is 35.1. The van der Waals surface area contributed by atoms with Gasteiger partial charge in [0.1, 0.15) is 24.8 Å². The van der Waals surface area contributed by atoms with Crippen molar-refractivity contribution < 1.29 is 23.0 Å². The van der Waals surface area contributed by atoms with E-state index < -0.39 is 30.7 Å². The molecule has 10 nitrogen and oxygen atoms in total. The minimum Gasteiger partial charge on any atom is -0.486 e. The van der Waals surface area contributed by atoms with Crippen molar-refractivity contribution in [1.82, 2.24) is 19.9 Å². The normalized spacial score (nSPS) is 16.6. The molecule has 0 radical (unpaired) electrons. The van der Waals surface area contributed by atoms with E-state index >= 15 is 0 Å². The molecule has 0 unspecified atom stereocenters. The van der Waals surface area contributed by atoms with E-state index in [4.69, 9.17) is 21.1 Å². The number of amides is 1. The van der Waals surface area contributed by atoms with Crippen LogP contribution in [0.2, 0.25) is 5.02 Å². The first-order valence-electron chi connectivity index (χ1n) is 10.9. The van der Waals surface area contributed by atoms with Crippen molar-refractivity contribution in [1.29, 1.82) is 0 Å². The van der Waals surface area contributed by atoms with Crippen molar-refractivity contribution in [3.8, 4) is 5.75 Å². The lowest BCUT2D eigenvalue weighted by Gasteiger charge is -2.20. The van der Waals surface area contributed by atoms with Crippen LogP contribution in [-0.2, 0) is 4.74 Å². The summed E-state index contributed by atoms with van der Waals surface area (Å²) in [5.74, 6) is 0.780. The molecule has 1 amide bonds. The zero-order chi connectivity index (χ0) is 25.3. The van der Waals surface area contributed by atoms with Crippen LogP contribution in [0.25, 0.3) is 10.9 Å². The number of H-pyrrole nitrogens is 1. The van der Waals surface area contributed by atoms with E-state index in [1.54, 1.807) is 19.9 Å². The molecule has 0 aliphatic carbocycles. The molecule has 1 aliphatic rings. The predicted octanol–water partition coefficient (Wildman–Crippen LogP) is 4.23. The molecule has 2 atom stereocenters. The van der Waals surface area contributed by atoms with Gasteiger partial charge in [-0.15, -0.1) is 0 Å². The average molecular weight is 509 g/mol. The van der Waals surface area contributed by atoms with E-state index in [9.17, 15) is 18.4 Å². The Morgan fingerprint density at radius 2 is 2.06 bits per heavy atom. The maximum absolute atomic E-state index is 12.8. The number of aryl methyl sites for hydroxylation is 1. The highest BCUT2D eigenvalue weighted by Crippen LogP contribution is 2.30. The molecule has 1 aromatic carbocycles. The summed E-state index contributed by atoms with van der Waals surface area (Å²) in [7, 11) is 0. The number of halogens is 3. The average Bonchev–Trinajstić information content (AvgIpc) is 3.17. The number of hydrogen-bond acceptors (Lipinski definition) is 8. The summed E-state index contributed by atoms with van der Waals surface area (Å²) in [6.07, 6.45) is -2.51. The van der Waals surface area contributed by atoms with Gasteiger partial charge in [0.15, 0.2) is 0 Å². The summed E-state index contributed by atoms with van der Waals surface area (Å²) in [6.45, 7) is 4.79. The monoisotopic (exact) mass is 508 g/mol. The fraction of sp³-hybridized carbons (Fsp3) is 0.409. The van der Waals surface area contributed by atoms with Crippen molar-refractivity contribution in [2.45, 2.75) is 45.7 Å². The molecular weight excluding hydrogens is 486 g/mol. The Morgan fingerprint density at radius 3 is 2.77 bits per heavy atom. The molecule has 0 saturated carbocycles. The summed E-state index contributed by atoms with van der Waals surface area (Å²) >= 11 is 6.17. The Balaban J connectivity index is 1.61. The first kappa shape index (κ1) is 24.6. The number of nitrogens with one attached hydrogen (secondary N) is 2. The number of alkyl halides is 2. The van der Waals surface area contributed by atoms with E-state index in [0.29, 0.717) is 28.7 Å². The van der Waals surface area contributed by atoms with Crippen LogP contribution < -0.4 is 20.5 Å². The van der Waals surface area contributed by atoms with Crippen LogP contribution in [0.1, 0.15) is 37.7 Å². The zero-order valence-corrected chi connectivity index (χ0v) is 19.9. The molecular formula is C22H23ClF2N6O4. The fourth-order valence-electron chi connectivity index (χ4n) is 3.73. The maximum Gasteiger partial charge on any atom is 0.417 e. The van der Waals surface area contributed by atoms with Gasteiger partial charge < -0.3 is 19.8 Å². The number of benzene rings is 1. The highest BCUT2D eigenvalue weighted by atomic mass is 35.5. The molecule has 1 saturated heterocycles. The highest BCUT2D eigenvalue weighted by molar-refractivity contribution is 6.32. The third kappa shape index (κ3) is 5.26. The van der Waals surface area contributed by atoms with Crippen molar-refractivity contribution >= 4 is 40.5 Å². The van der Waals surface area contributed by atoms with Crippen LogP contribution in [0, 0.1) is 6.92 Å². The first-order chi connectivity index (χ1) is 16.7. The number of fused-ring (bicyclic) bond motifs is 1. The third-order valence-electron chi connectivity index (χ3n) is 5.49. The Bertz CT molecular complexity index is 1320. The Labute approximate surface area is 203 Å². The van der Waals surface area contributed by atoms with Gasteiger partial charge in [0.25, 0.3) is 12.0 Å². The Morgan fingerprint density at radius 1 is 1.29 bits per heavy atom. The second-order valence-corrected chi connectivity index (χ2v) is 8.41.